The molecule has 0 bridgehead atoms. The van der Waals surface area contributed by atoms with E-state index in [1.807, 2.05) is 60.7 Å². The summed E-state index contributed by atoms with van der Waals surface area (Å²) < 4.78 is 5.64. The van der Waals surface area contributed by atoms with Crippen molar-refractivity contribution in [2.75, 3.05) is 5.32 Å². The fraction of sp³-hybridized carbons (Fsp3) is 0.167. The summed E-state index contributed by atoms with van der Waals surface area (Å²) in [7, 11) is 0. The number of ether oxygens (including phenoxy) is 1. The summed E-state index contributed by atoms with van der Waals surface area (Å²) in [6, 6.07) is 18.0. The van der Waals surface area contributed by atoms with E-state index in [9.17, 15) is 14.7 Å². The Kier molecular flexibility index (Phi) is 4.09. The Morgan fingerprint density at radius 1 is 1.00 bits per heavy atom. The molecule has 5 rings (SSSR count). The lowest BCUT2D eigenvalue weighted by molar-refractivity contribution is -0.139. The molecule has 5 heteroatoms. The van der Waals surface area contributed by atoms with Gasteiger partial charge in [0.2, 0.25) is 0 Å². The number of hydrogen-bond donors (Lipinski definition) is 2. The van der Waals surface area contributed by atoms with Gasteiger partial charge in [0.15, 0.2) is 0 Å². The van der Waals surface area contributed by atoms with Gasteiger partial charge in [0.25, 0.3) is 0 Å². The Hall–Kier alpha value is -3.60. The molecule has 1 aliphatic heterocycles. The van der Waals surface area contributed by atoms with Gasteiger partial charge < -0.3 is 15.2 Å². The lowest BCUT2D eigenvalue weighted by atomic mass is 9.78. The third kappa shape index (κ3) is 2.95. The van der Waals surface area contributed by atoms with Gasteiger partial charge in [0.05, 0.1) is 11.3 Å². The molecule has 29 heavy (non-hydrogen) atoms. The molecule has 5 nitrogen and oxygen atoms in total. The summed E-state index contributed by atoms with van der Waals surface area (Å²) in [5, 5.41) is 14.8. The molecule has 0 aromatic heterocycles. The van der Waals surface area contributed by atoms with Gasteiger partial charge in [-0.2, -0.15) is 0 Å². The fourth-order valence-electron chi connectivity index (χ4n) is 4.43. The van der Waals surface area contributed by atoms with Crippen LogP contribution in [0.25, 0.3) is 10.8 Å². The van der Waals surface area contributed by atoms with Gasteiger partial charge in [0.1, 0.15) is 11.8 Å². The minimum atomic E-state index is -0.910. The topological polar surface area (TPSA) is 75.6 Å². The Morgan fingerprint density at radius 2 is 1.83 bits per heavy atom. The molecular weight excluding hydrogens is 366 g/mol. The van der Waals surface area contributed by atoms with Crippen LogP contribution in [0.4, 0.5) is 5.69 Å². The standard InChI is InChI=1S/C24H19NO4/c26-23(27)22-19-9-3-7-17(19)18-8-4-10-20(21(18)25-22)24(28)29-16-12-11-14-5-1-2-6-15(14)13-16/h1-8,10-13,17,19,22,25H,9H2,(H,26,27)/t17-,19+,22+/m1/s1. The van der Waals surface area contributed by atoms with Gasteiger partial charge in [-0.25, -0.2) is 9.59 Å². The highest BCUT2D eigenvalue weighted by Crippen LogP contribution is 2.45. The molecule has 2 aliphatic rings. The average molecular weight is 385 g/mol. The average Bonchev–Trinajstić information content (AvgIpc) is 3.22. The fourth-order valence-corrected chi connectivity index (χ4v) is 4.43. The normalized spacial score (nSPS) is 21.9. The van der Waals surface area contributed by atoms with Gasteiger partial charge in [-0.1, -0.05) is 54.6 Å². The second-order valence-electron chi connectivity index (χ2n) is 7.48. The van der Waals surface area contributed by atoms with Crippen LogP contribution in [0.3, 0.4) is 0 Å². The lowest BCUT2D eigenvalue weighted by Gasteiger charge is -2.35. The minimum Gasteiger partial charge on any atom is -0.480 e. The predicted molar refractivity (Wildman–Crippen MR) is 110 cm³/mol. The van der Waals surface area contributed by atoms with E-state index in [0.717, 1.165) is 16.3 Å². The van der Waals surface area contributed by atoms with Crippen molar-refractivity contribution in [1.29, 1.82) is 0 Å². The second-order valence-corrected chi connectivity index (χ2v) is 7.48. The first-order valence-corrected chi connectivity index (χ1v) is 9.62. The molecule has 0 unspecified atom stereocenters. The van der Waals surface area contributed by atoms with Crippen molar-refractivity contribution >= 4 is 28.4 Å². The number of rotatable bonds is 3. The Bertz CT molecular complexity index is 1170. The zero-order chi connectivity index (χ0) is 20.0. The van der Waals surface area contributed by atoms with Crippen molar-refractivity contribution in [1.82, 2.24) is 0 Å². The summed E-state index contributed by atoms with van der Waals surface area (Å²) in [5.74, 6) is -1.02. The van der Waals surface area contributed by atoms with Crippen LogP contribution in [0.5, 0.6) is 5.75 Å². The number of carbonyl (C=O) groups excluding carboxylic acids is 1. The highest BCUT2D eigenvalue weighted by Gasteiger charge is 2.42. The zero-order valence-corrected chi connectivity index (χ0v) is 15.5. The highest BCUT2D eigenvalue weighted by atomic mass is 16.5. The maximum atomic E-state index is 13.0. The van der Waals surface area contributed by atoms with Crippen molar-refractivity contribution < 1.29 is 19.4 Å². The van der Waals surface area contributed by atoms with Crippen LogP contribution < -0.4 is 10.1 Å². The Labute approximate surface area is 167 Å². The number of esters is 1. The molecule has 0 saturated carbocycles. The molecule has 3 atom stereocenters. The lowest BCUT2D eigenvalue weighted by Crippen LogP contribution is -2.42. The summed E-state index contributed by atoms with van der Waals surface area (Å²) in [4.78, 5) is 24.8. The molecule has 0 spiro atoms. The number of carboxylic acids is 1. The van der Waals surface area contributed by atoms with Crippen molar-refractivity contribution in [3.8, 4) is 5.75 Å². The number of hydrogen-bond acceptors (Lipinski definition) is 4. The SMILES string of the molecule is O=C(Oc1ccc2ccccc2c1)c1cccc2c1N[C@H](C(=O)O)[C@H]1CC=C[C@H]21. The van der Waals surface area contributed by atoms with Crippen molar-refractivity contribution in [2.24, 2.45) is 5.92 Å². The largest absolute Gasteiger partial charge is 0.480 e. The quantitative estimate of drug-likeness (QED) is 0.392. The number of carbonyl (C=O) groups is 2. The summed E-state index contributed by atoms with van der Waals surface area (Å²) in [6.45, 7) is 0. The second kappa shape index (κ2) is 6.78. The van der Waals surface area contributed by atoms with Gasteiger partial charge in [0, 0.05) is 11.8 Å². The van der Waals surface area contributed by atoms with Gasteiger partial charge in [-0.3, -0.25) is 0 Å². The van der Waals surface area contributed by atoms with E-state index in [1.165, 1.54) is 0 Å². The van der Waals surface area contributed by atoms with Crippen molar-refractivity contribution in [2.45, 2.75) is 18.4 Å². The van der Waals surface area contributed by atoms with Crippen LogP contribution in [0, 0.1) is 5.92 Å². The monoisotopic (exact) mass is 385 g/mol. The van der Waals surface area contributed by atoms with Gasteiger partial charge in [-0.05, 0) is 41.0 Å². The van der Waals surface area contributed by atoms with E-state index in [1.54, 1.807) is 12.1 Å². The van der Waals surface area contributed by atoms with Crippen LogP contribution in [0.15, 0.2) is 72.8 Å². The Morgan fingerprint density at radius 3 is 2.66 bits per heavy atom. The van der Waals surface area contributed by atoms with Crippen LogP contribution in [-0.2, 0) is 4.79 Å². The highest BCUT2D eigenvalue weighted by molar-refractivity contribution is 5.99. The first-order chi connectivity index (χ1) is 14.1. The smallest absolute Gasteiger partial charge is 0.345 e. The zero-order valence-electron chi connectivity index (χ0n) is 15.5. The molecule has 144 valence electrons. The summed E-state index contributed by atoms with van der Waals surface area (Å²) in [6.07, 6.45) is 4.76. The molecule has 3 aromatic rings. The van der Waals surface area contributed by atoms with E-state index in [4.69, 9.17) is 4.74 Å². The molecule has 0 saturated heterocycles. The number of nitrogens with one attached hydrogen (secondary N) is 1. The van der Waals surface area contributed by atoms with Crippen molar-refractivity contribution in [3.63, 3.8) is 0 Å². The van der Waals surface area contributed by atoms with Crippen molar-refractivity contribution in [3.05, 3.63) is 83.9 Å². The number of allylic oxidation sites excluding steroid dienone is 2. The first kappa shape index (κ1) is 17.5. The van der Waals surface area contributed by atoms with E-state index >= 15 is 0 Å². The van der Waals surface area contributed by atoms with Crippen LogP contribution in [0.1, 0.15) is 28.3 Å². The number of anilines is 1. The van der Waals surface area contributed by atoms with Crippen LogP contribution >= 0.6 is 0 Å². The van der Waals surface area contributed by atoms with E-state index in [0.29, 0.717) is 23.4 Å². The number of benzene rings is 3. The molecule has 1 heterocycles. The summed E-state index contributed by atoms with van der Waals surface area (Å²) in [5.41, 5.74) is 1.84. The van der Waals surface area contributed by atoms with E-state index in [-0.39, 0.29) is 11.8 Å². The number of aliphatic carboxylic acids is 1. The predicted octanol–water partition coefficient (Wildman–Crippen LogP) is 4.60. The number of para-hydroxylation sites is 1. The molecule has 0 fully saturated rings. The summed E-state index contributed by atoms with van der Waals surface area (Å²) >= 11 is 0. The maximum absolute atomic E-state index is 13.0. The molecule has 0 radical (unpaired) electrons. The molecular formula is C24H19NO4. The molecule has 0 amide bonds. The first-order valence-electron chi connectivity index (χ1n) is 9.62. The third-order valence-corrected chi connectivity index (χ3v) is 5.81. The molecule has 3 aromatic carbocycles. The maximum Gasteiger partial charge on any atom is 0.345 e. The van der Waals surface area contributed by atoms with E-state index < -0.39 is 18.0 Å². The number of carboxylic acid groups (broad SMARTS) is 1. The van der Waals surface area contributed by atoms with Crippen LogP contribution in [0.2, 0.25) is 0 Å². The molecule has 1 aliphatic carbocycles. The minimum absolute atomic E-state index is 0.0132. The number of fused-ring (bicyclic) bond motifs is 4. The third-order valence-electron chi connectivity index (χ3n) is 5.81. The van der Waals surface area contributed by atoms with E-state index in [2.05, 4.69) is 5.32 Å². The van der Waals surface area contributed by atoms with Crippen LogP contribution in [-0.4, -0.2) is 23.1 Å². The molecule has 2 N–H and O–H groups in total. The van der Waals surface area contributed by atoms with Gasteiger partial charge >= 0.3 is 11.9 Å². The van der Waals surface area contributed by atoms with Gasteiger partial charge in [-0.15, -0.1) is 0 Å². The Balaban J connectivity index is 1.50.